The van der Waals surface area contributed by atoms with Crippen molar-refractivity contribution >= 4 is 11.6 Å². The molecule has 6 heteroatoms. The van der Waals surface area contributed by atoms with Gasteiger partial charge < -0.3 is 19.5 Å². The molecule has 2 atom stereocenters. The van der Waals surface area contributed by atoms with Crippen molar-refractivity contribution in [1.82, 2.24) is 4.90 Å². The van der Waals surface area contributed by atoms with Crippen LogP contribution in [0.15, 0.2) is 18.2 Å². The standard InChI is InChI=1S/C20H28N2O4/c1-14-11-22(12-15(2)24-14)13-19(23)21-16-6-7-17-18(10-16)26-20(25-17)8-4-3-5-9-20/h6-7,10,14-15H,3-5,8-9,11-13H2,1-2H3,(H,21,23)/t14-,15-/m0/s1. The molecule has 6 nitrogen and oxygen atoms in total. The van der Waals surface area contributed by atoms with Gasteiger partial charge in [0.2, 0.25) is 5.91 Å². The first-order valence-electron chi connectivity index (χ1n) is 9.71. The average molecular weight is 360 g/mol. The Balaban J connectivity index is 1.36. The fourth-order valence-electron chi connectivity index (χ4n) is 4.28. The van der Waals surface area contributed by atoms with Gasteiger partial charge in [0.1, 0.15) is 0 Å². The van der Waals surface area contributed by atoms with Crippen LogP contribution in [0, 0.1) is 0 Å². The lowest BCUT2D eigenvalue weighted by atomic mass is 9.94. The Bertz CT molecular complexity index is 662. The second-order valence-corrected chi connectivity index (χ2v) is 7.84. The third-order valence-electron chi connectivity index (χ3n) is 5.30. The van der Waals surface area contributed by atoms with Crippen LogP contribution in [0.4, 0.5) is 5.69 Å². The largest absolute Gasteiger partial charge is 0.448 e. The number of fused-ring (bicyclic) bond motifs is 1. The van der Waals surface area contributed by atoms with E-state index in [-0.39, 0.29) is 18.1 Å². The molecule has 1 saturated carbocycles. The van der Waals surface area contributed by atoms with Crippen LogP contribution in [0.1, 0.15) is 46.0 Å². The van der Waals surface area contributed by atoms with E-state index in [0.717, 1.165) is 56.0 Å². The van der Waals surface area contributed by atoms with Gasteiger partial charge in [-0.3, -0.25) is 9.69 Å². The number of rotatable bonds is 3. The summed E-state index contributed by atoms with van der Waals surface area (Å²) < 4.78 is 17.9. The smallest absolute Gasteiger partial charge is 0.251 e. The molecular weight excluding hydrogens is 332 g/mol. The summed E-state index contributed by atoms with van der Waals surface area (Å²) in [6.07, 6.45) is 5.67. The fourth-order valence-corrected chi connectivity index (χ4v) is 4.28. The van der Waals surface area contributed by atoms with Crippen molar-refractivity contribution in [2.24, 2.45) is 0 Å². The van der Waals surface area contributed by atoms with Crippen LogP contribution in [0.5, 0.6) is 11.5 Å². The van der Waals surface area contributed by atoms with E-state index in [1.54, 1.807) is 0 Å². The highest BCUT2D eigenvalue weighted by Gasteiger charge is 2.42. The first kappa shape index (κ1) is 17.6. The quantitative estimate of drug-likeness (QED) is 0.897. The first-order valence-corrected chi connectivity index (χ1v) is 9.71. The van der Waals surface area contributed by atoms with E-state index in [0.29, 0.717) is 6.54 Å². The Hall–Kier alpha value is -1.79. The van der Waals surface area contributed by atoms with Crippen molar-refractivity contribution in [2.75, 3.05) is 25.0 Å². The number of amides is 1. The van der Waals surface area contributed by atoms with E-state index in [1.807, 2.05) is 32.0 Å². The number of hydrogen-bond acceptors (Lipinski definition) is 5. The molecule has 26 heavy (non-hydrogen) atoms. The van der Waals surface area contributed by atoms with Gasteiger partial charge in [0, 0.05) is 37.7 Å². The summed E-state index contributed by atoms with van der Waals surface area (Å²) in [5.41, 5.74) is 0.750. The SMILES string of the molecule is C[C@H]1CN(CC(=O)Nc2ccc3c(c2)OC2(CCCCC2)O3)C[C@H](C)O1. The Kier molecular flexibility index (Phi) is 4.80. The van der Waals surface area contributed by atoms with Gasteiger partial charge in [-0.05, 0) is 38.8 Å². The van der Waals surface area contributed by atoms with E-state index in [2.05, 4.69) is 10.2 Å². The molecular formula is C20H28N2O4. The molecule has 1 amide bonds. The molecule has 1 spiro atoms. The Morgan fingerprint density at radius 3 is 2.54 bits per heavy atom. The van der Waals surface area contributed by atoms with E-state index >= 15 is 0 Å². The monoisotopic (exact) mass is 360 g/mol. The predicted molar refractivity (Wildman–Crippen MR) is 98.6 cm³/mol. The maximum atomic E-state index is 12.4. The molecule has 0 aromatic heterocycles. The van der Waals surface area contributed by atoms with Crippen LogP contribution in [-0.4, -0.2) is 48.4 Å². The molecule has 0 bridgehead atoms. The molecule has 1 aromatic rings. The van der Waals surface area contributed by atoms with Crippen molar-refractivity contribution in [3.63, 3.8) is 0 Å². The number of benzene rings is 1. The van der Waals surface area contributed by atoms with Crippen LogP contribution in [0.2, 0.25) is 0 Å². The number of nitrogens with zero attached hydrogens (tertiary/aromatic N) is 1. The molecule has 142 valence electrons. The minimum Gasteiger partial charge on any atom is -0.448 e. The van der Waals surface area contributed by atoms with Gasteiger partial charge in [-0.1, -0.05) is 6.42 Å². The van der Waals surface area contributed by atoms with E-state index in [9.17, 15) is 4.79 Å². The molecule has 1 saturated heterocycles. The van der Waals surface area contributed by atoms with Gasteiger partial charge in [0.15, 0.2) is 11.5 Å². The number of carbonyl (C=O) groups is 1. The highest BCUT2D eigenvalue weighted by molar-refractivity contribution is 5.92. The molecule has 1 aromatic carbocycles. The third kappa shape index (κ3) is 3.81. The van der Waals surface area contributed by atoms with Crippen molar-refractivity contribution < 1.29 is 19.0 Å². The number of morpholine rings is 1. The van der Waals surface area contributed by atoms with Gasteiger partial charge in [0.05, 0.1) is 18.8 Å². The Morgan fingerprint density at radius 2 is 1.81 bits per heavy atom. The Morgan fingerprint density at radius 1 is 1.12 bits per heavy atom. The second kappa shape index (κ2) is 7.08. The maximum absolute atomic E-state index is 12.4. The van der Waals surface area contributed by atoms with Crippen LogP contribution in [0.3, 0.4) is 0 Å². The zero-order valence-electron chi connectivity index (χ0n) is 15.6. The van der Waals surface area contributed by atoms with E-state index in [4.69, 9.17) is 14.2 Å². The number of nitrogens with one attached hydrogen (secondary N) is 1. The molecule has 1 N–H and O–H groups in total. The number of hydrogen-bond donors (Lipinski definition) is 1. The minimum atomic E-state index is -0.483. The molecule has 2 fully saturated rings. The third-order valence-corrected chi connectivity index (χ3v) is 5.30. The molecule has 3 aliphatic rings. The normalized spacial score (nSPS) is 27.5. The van der Waals surface area contributed by atoms with Gasteiger partial charge in [0.25, 0.3) is 5.79 Å². The molecule has 4 rings (SSSR count). The predicted octanol–water partition coefficient (Wildman–Crippen LogP) is 3.17. The van der Waals surface area contributed by atoms with Gasteiger partial charge in [-0.15, -0.1) is 0 Å². The molecule has 0 unspecified atom stereocenters. The van der Waals surface area contributed by atoms with Crippen LogP contribution < -0.4 is 14.8 Å². The van der Waals surface area contributed by atoms with Gasteiger partial charge in [-0.25, -0.2) is 0 Å². The summed E-state index contributed by atoms with van der Waals surface area (Å²) >= 11 is 0. The maximum Gasteiger partial charge on any atom is 0.251 e. The summed E-state index contributed by atoms with van der Waals surface area (Å²) in [4.78, 5) is 14.6. The topological polar surface area (TPSA) is 60.0 Å². The lowest BCUT2D eigenvalue weighted by Crippen LogP contribution is -2.48. The van der Waals surface area contributed by atoms with Crippen LogP contribution >= 0.6 is 0 Å². The molecule has 2 aliphatic heterocycles. The highest BCUT2D eigenvalue weighted by Crippen LogP contribution is 2.46. The van der Waals surface area contributed by atoms with E-state index < -0.39 is 5.79 Å². The first-order chi connectivity index (χ1) is 12.5. The summed E-state index contributed by atoms with van der Waals surface area (Å²) in [6, 6.07) is 5.65. The zero-order valence-corrected chi connectivity index (χ0v) is 15.6. The van der Waals surface area contributed by atoms with Crippen molar-refractivity contribution in [2.45, 2.75) is 63.9 Å². The number of ether oxygens (including phenoxy) is 3. The molecule has 1 aliphatic carbocycles. The van der Waals surface area contributed by atoms with Gasteiger partial charge in [-0.2, -0.15) is 0 Å². The number of carbonyl (C=O) groups excluding carboxylic acids is 1. The summed E-state index contributed by atoms with van der Waals surface area (Å²) in [5.74, 6) is 1.01. The average Bonchev–Trinajstić information content (AvgIpc) is 2.91. The highest BCUT2D eigenvalue weighted by atomic mass is 16.7. The minimum absolute atomic E-state index is 0.0162. The summed E-state index contributed by atoms with van der Waals surface area (Å²) in [6.45, 7) is 6.01. The van der Waals surface area contributed by atoms with Crippen LogP contribution in [-0.2, 0) is 9.53 Å². The lowest BCUT2D eigenvalue weighted by Gasteiger charge is -2.34. The van der Waals surface area contributed by atoms with Gasteiger partial charge >= 0.3 is 0 Å². The lowest BCUT2D eigenvalue weighted by molar-refractivity contribution is -0.121. The van der Waals surface area contributed by atoms with Crippen molar-refractivity contribution in [3.8, 4) is 11.5 Å². The van der Waals surface area contributed by atoms with E-state index in [1.165, 1.54) is 6.42 Å². The Labute approximate surface area is 154 Å². The molecule has 2 heterocycles. The summed E-state index contributed by atoms with van der Waals surface area (Å²) in [7, 11) is 0. The zero-order chi connectivity index (χ0) is 18.1. The number of anilines is 1. The van der Waals surface area contributed by atoms with Crippen molar-refractivity contribution in [3.05, 3.63) is 18.2 Å². The second-order valence-electron chi connectivity index (χ2n) is 7.84. The van der Waals surface area contributed by atoms with Crippen LogP contribution in [0.25, 0.3) is 0 Å². The molecule has 0 radical (unpaired) electrons. The fraction of sp³-hybridized carbons (Fsp3) is 0.650. The van der Waals surface area contributed by atoms with Crippen molar-refractivity contribution in [1.29, 1.82) is 0 Å². The summed E-state index contributed by atoms with van der Waals surface area (Å²) in [5, 5.41) is 2.98.